The van der Waals surface area contributed by atoms with Gasteiger partial charge in [-0.2, -0.15) is 0 Å². The molecule has 0 aliphatic heterocycles. The molecule has 9 heteroatoms. The van der Waals surface area contributed by atoms with Crippen LogP contribution < -0.4 is 4.72 Å². The van der Waals surface area contributed by atoms with Crippen LogP contribution in [0.1, 0.15) is 19.3 Å². The van der Waals surface area contributed by atoms with Gasteiger partial charge in [0.05, 0.1) is 16.0 Å². The second-order valence-electron chi connectivity index (χ2n) is 4.86. The third-order valence-electron chi connectivity index (χ3n) is 3.34. The highest BCUT2D eigenvalue weighted by molar-refractivity contribution is 9.10. The van der Waals surface area contributed by atoms with Crippen LogP contribution in [0.4, 0.5) is 0 Å². The third kappa shape index (κ3) is 3.90. The summed E-state index contributed by atoms with van der Waals surface area (Å²) in [4.78, 5) is 10.7. The molecule has 21 heavy (non-hydrogen) atoms. The summed E-state index contributed by atoms with van der Waals surface area (Å²) >= 11 is 15.1. The topological polar surface area (TPSA) is 83.5 Å². The summed E-state index contributed by atoms with van der Waals surface area (Å²) < 4.78 is 27.8. The summed E-state index contributed by atoms with van der Waals surface area (Å²) in [5.74, 6) is -1.43. The molecule has 0 heterocycles. The van der Waals surface area contributed by atoms with Crippen molar-refractivity contribution in [2.45, 2.75) is 30.2 Å². The number of sulfonamides is 1. The zero-order valence-corrected chi connectivity index (χ0v) is 14.6. The first kappa shape index (κ1) is 17.0. The highest BCUT2D eigenvalue weighted by atomic mass is 79.9. The van der Waals surface area contributed by atoms with Gasteiger partial charge in [-0.15, -0.1) is 0 Å². The van der Waals surface area contributed by atoms with Crippen LogP contribution in [0.15, 0.2) is 21.5 Å². The van der Waals surface area contributed by atoms with Crippen LogP contribution in [0.2, 0.25) is 10.0 Å². The molecule has 0 amide bonds. The number of carboxylic acids is 1. The Hall–Kier alpha value is -0.340. The second-order valence-corrected chi connectivity index (χ2v) is 8.25. The number of rotatable bonds is 4. The monoisotopic (exact) mass is 415 g/mol. The first-order chi connectivity index (χ1) is 9.70. The number of halogens is 3. The van der Waals surface area contributed by atoms with E-state index in [1.807, 2.05) is 0 Å². The van der Waals surface area contributed by atoms with E-state index in [2.05, 4.69) is 20.7 Å². The molecule has 0 bridgehead atoms. The van der Waals surface area contributed by atoms with E-state index < -0.39 is 28.0 Å². The van der Waals surface area contributed by atoms with E-state index >= 15 is 0 Å². The Labute approximate surface area is 140 Å². The summed E-state index contributed by atoms with van der Waals surface area (Å²) in [5, 5.41) is 8.96. The van der Waals surface area contributed by atoms with Gasteiger partial charge in [0.1, 0.15) is 4.90 Å². The molecule has 1 aliphatic rings. The number of benzene rings is 1. The van der Waals surface area contributed by atoms with Gasteiger partial charge in [-0.3, -0.25) is 4.79 Å². The molecular weight excluding hydrogens is 405 g/mol. The third-order valence-corrected chi connectivity index (χ3v) is 6.23. The number of hydrogen-bond donors (Lipinski definition) is 2. The van der Waals surface area contributed by atoms with Gasteiger partial charge in [-0.05, 0) is 31.4 Å². The Bertz CT molecular complexity index is 657. The predicted molar refractivity (Wildman–Crippen MR) is 83.2 cm³/mol. The Morgan fingerprint density at radius 3 is 2.33 bits per heavy atom. The number of hydrogen-bond acceptors (Lipinski definition) is 3. The van der Waals surface area contributed by atoms with Gasteiger partial charge >= 0.3 is 5.97 Å². The molecule has 1 aromatic carbocycles. The number of carboxylic acid groups (broad SMARTS) is 1. The fourth-order valence-electron chi connectivity index (χ4n) is 2.38. The average molecular weight is 417 g/mol. The van der Waals surface area contributed by atoms with E-state index in [4.69, 9.17) is 28.3 Å². The maximum Gasteiger partial charge on any atom is 0.306 e. The molecule has 1 aromatic rings. The molecule has 0 spiro atoms. The average Bonchev–Trinajstić information content (AvgIpc) is 2.74. The van der Waals surface area contributed by atoms with Crippen molar-refractivity contribution in [2.24, 2.45) is 5.92 Å². The lowest BCUT2D eigenvalue weighted by Gasteiger charge is -2.15. The van der Waals surface area contributed by atoms with Crippen molar-refractivity contribution >= 4 is 55.1 Å². The second kappa shape index (κ2) is 6.42. The smallest absolute Gasteiger partial charge is 0.306 e. The molecule has 116 valence electrons. The molecule has 0 saturated heterocycles. The first-order valence-electron chi connectivity index (χ1n) is 6.10. The van der Waals surface area contributed by atoms with E-state index in [1.165, 1.54) is 12.1 Å². The van der Waals surface area contributed by atoms with Crippen LogP contribution in [0.5, 0.6) is 0 Å². The van der Waals surface area contributed by atoms with E-state index in [0.717, 1.165) is 0 Å². The molecule has 2 unspecified atom stereocenters. The van der Waals surface area contributed by atoms with Gasteiger partial charge in [-0.1, -0.05) is 39.1 Å². The molecule has 2 N–H and O–H groups in total. The molecule has 1 fully saturated rings. The zero-order valence-electron chi connectivity index (χ0n) is 10.6. The van der Waals surface area contributed by atoms with Crippen LogP contribution in [0.3, 0.4) is 0 Å². The van der Waals surface area contributed by atoms with Crippen LogP contribution in [0.25, 0.3) is 0 Å². The fraction of sp³-hybridized carbons (Fsp3) is 0.417. The standard InChI is InChI=1S/C12H12BrCl2NO4S/c13-7-4-9(14)11(10(15)5-7)21(19,20)16-8-2-1-6(3-8)12(17)18/h4-6,8,16H,1-3H2,(H,17,18). The largest absolute Gasteiger partial charge is 0.481 e. The Kier molecular flexibility index (Phi) is 5.20. The molecule has 2 rings (SSSR count). The highest BCUT2D eigenvalue weighted by Crippen LogP contribution is 2.34. The Morgan fingerprint density at radius 1 is 1.29 bits per heavy atom. The van der Waals surface area contributed by atoms with E-state index in [0.29, 0.717) is 17.3 Å². The van der Waals surface area contributed by atoms with Crippen molar-refractivity contribution in [1.29, 1.82) is 0 Å². The lowest BCUT2D eigenvalue weighted by Crippen LogP contribution is -2.33. The zero-order chi connectivity index (χ0) is 15.8. The summed E-state index contributed by atoms with van der Waals surface area (Å²) in [6.45, 7) is 0. The molecule has 5 nitrogen and oxygen atoms in total. The van der Waals surface area contributed by atoms with Crippen molar-refractivity contribution in [1.82, 2.24) is 4.72 Å². The summed E-state index contributed by atoms with van der Waals surface area (Å²) in [6.07, 6.45) is 1.19. The van der Waals surface area contributed by atoms with Crippen molar-refractivity contribution in [3.8, 4) is 0 Å². The lowest BCUT2D eigenvalue weighted by atomic mass is 10.1. The molecule has 0 aromatic heterocycles. The lowest BCUT2D eigenvalue weighted by molar-refractivity contribution is -0.141. The first-order valence-corrected chi connectivity index (χ1v) is 9.13. The Morgan fingerprint density at radius 2 is 1.86 bits per heavy atom. The minimum absolute atomic E-state index is 0.00894. The normalized spacial score (nSPS) is 22.4. The van der Waals surface area contributed by atoms with E-state index in [-0.39, 0.29) is 21.4 Å². The van der Waals surface area contributed by atoms with Crippen LogP contribution in [-0.2, 0) is 14.8 Å². The molecular formula is C12H12BrCl2NO4S. The SMILES string of the molecule is O=C(O)C1CCC(NS(=O)(=O)c2c(Cl)cc(Br)cc2Cl)C1. The Balaban J connectivity index is 2.22. The quantitative estimate of drug-likeness (QED) is 0.788. The minimum Gasteiger partial charge on any atom is -0.481 e. The van der Waals surface area contributed by atoms with Crippen molar-refractivity contribution in [2.75, 3.05) is 0 Å². The van der Waals surface area contributed by atoms with Gasteiger partial charge in [0.15, 0.2) is 0 Å². The molecule has 1 aliphatic carbocycles. The maximum atomic E-state index is 12.4. The highest BCUT2D eigenvalue weighted by Gasteiger charge is 2.33. The fourth-order valence-corrected chi connectivity index (χ4v) is 5.60. The summed E-state index contributed by atoms with van der Waals surface area (Å²) in [7, 11) is -3.90. The van der Waals surface area contributed by atoms with Gasteiger partial charge in [-0.25, -0.2) is 13.1 Å². The van der Waals surface area contributed by atoms with Crippen LogP contribution >= 0.6 is 39.1 Å². The summed E-state index contributed by atoms with van der Waals surface area (Å²) in [5.41, 5.74) is 0. The molecule has 2 atom stereocenters. The molecule has 0 radical (unpaired) electrons. The van der Waals surface area contributed by atoms with Crippen molar-refractivity contribution in [3.63, 3.8) is 0 Å². The molecule has 1 saturated carbocycles. The van der Waals surface area contributed by atoms with Gasteiger partial charge in [0.25, 0.3) is 0 Å². The summed E-state index contributed by atoms with van der Waals surface area (Å²) in [6, 6.07) is 2.46. The van der Waals surface area contributed by atoms with Crippen molar-refractivity contribution < 1.29 is 18.3 Å². The maximum absolute atomic E-state index is 12.4. The number of carbonyl (C=O) groups is 1. The number of nitrogens with one attached hydrogen (secondary N) is 1. The van der Waals surface area contributed by atoms with Crippen molar-refractivity contribution in [3.05, 3.63) is 26.7 Å². The predicted octanol–water partition coefficient (Wildman–Crippen LogP) is 3.29. The minimum atomic E-state index is -3.90. The van der Waals surface area contributed by atoms with E-state index in [1.54, 1.807) is 0 Å². The van der Waals surface area contributed by atoms with Crippen LogP contribution in [-0.4, -0.2) is 25.5 Å². The van der Waals surface area contributed by atoms with Crippen LogP contribution in [0, 0.1) is 5.92 Å². The van der Waals surface area contributed by atoms with Gasteiger partial charge in [0.2, 0.25) is 10.0 Å². The number of aliphatic carboxylic acids is 1. The van der Waals surface area contributed by atoms with Gasteiger partial charge < -0.3 is 5.11 Å². The van der Waals surface area contributed by atoms with Gasteiger partial charge in [0, 0.05) is 10.5 Å². The van der Waals surface area contributed by atoms with E-state index in [9.17, 15) is 13.2 Å².